The zero-order valence-corrected chi connectivity index (χ0v) is 13.0. The van der Waals surface area contributed by atoms with Crippen LogP contribution in [0.2, 0.25) is 0 Å². The Morgan fingerprint density at radius 2 is 1.85 bits per heavy atom. The lowest BCUT2D eigenvalue weighted by Gasteiger charge is -2.44. The quantitative estimate of drug-likeness (QED) is 0.859. The monoisotopic (exact) mass is 278 g/mol. The Labute approximate surface area is 122 Å². The normalized spacial score (nSPS) is 20.8. The highest BCUT2D eigenvalue weighted by Crippen LogP contribution is 2.29. The Kier molecular flexibility index (Phi) is 5.17. The van der Waals surface area contributed by atoms with E-state index in [0.717, 1.165) is 12.8 Å². The molecule has 0 aliphatic carbocycles. The van der Waals surface area contributed by atoms with Crippen LogP contribution in [0.3, 0.4) is 0 Å². The molecule has 3 heteroatoms. The predicted octanol–water partition coefficient (Wildman–Crippen LogP) is 3.22. The highest BCUT2D eigenvalue weighted by Gasteiger charge is 2.38. The second kappa shape index (κ2) is 6.68. The van der Waals surface area contributed by atoms with Gasteiger partial charge in [0.1, 0.15) is 5.82 Å². The van der Waals surface area contributed by atoms with Gasteiger partial charge in [0, 0.05) is 11.6 Å². The van der Waals surface area contributed by atoms with E-state index in [1.807, 2.05) is 19.2 Å². The largest absolute Gasteiger partial charge is 0.315 e. The minimum atomic E-state index is -0.160. The minimum absolute atomic E-state index is 0.160. The molecule has 1 aliphatic heterocycles. The van der Waals surface area contributed by atoms with Crippen molar-refractivity contribution in [2.45, 2.75) is 51.1 Å². The van der Waals surface area contributed by atoms with Crippen molar-refractivity contribution in [2.24, 2.45) is 0 Å². The number of rotatable bonds is 6. The van der Waals surface area contributed by atoms with Gasteiger partial charge in [0.2, 0.25) is 0 Å². The van der Waals surface area contributed by atoms with Crippen LogP contribution in [-0.2, 0) is 6.42 Å². The van der Waals surface area contributed by atoms with E-state index in [1.165, 1.54) is 31.5 Å². The van der Waals surface area contributed by atoms with Crippen molar-refractivity contribution >= 4 is 0 Å². The number of hydrogen-bond acceptors (Lipinski definition) is 2. The third kappa shape index (κ3) is 3.21. The van der Waals surface area contributed by atoms with E-state index in [-0.39, 0.29) is 11.4 Å². The lowest BCUT2D eigenvalue weighted by atomic mass is 9.83. The number of halogens is 1. The van der Waals surface area contributed by atoms with E-state index in [9.17, 15) is 4.39 Å². The average molecular weight is 278 g/mol. The van der Waals surface area contributed by atoms with Crippen molar-refractivity contribution in [3.8, 4) is 0 Å². The maximum absolute atomic E-state index is 13.0. The summed E-state index contributed by atoms with van der Waals surface area (Å²) in [6.45, 7) is 7.04. The Bertz CT molecular complexity index is 412. The summed E-state index contributed by atoms with van der Waals surface area (Å²) in [7, 11) is 2.04. The van der Waals surface area contributed by atoms with Crippen LogP contribution in [0.25, 0.3) is 0 Å². The molecule has 0 spiro atoms. The molecule has 2 unspecified atom stereocenters. The first-order valence-corrected chi connectivity index (χ1v) is 7.77. The molecule has 1 saturated heterocycles. The molecule has 0 saturated carbocycles. The summed E-state index contributed by atoms with van der Waals surface area (Å²) in [5.74, 6) is -0.160. The van der Waals surface area contributed by atoms with Gasteiger partial charge in [0.25, 0.3) is 0 Å². The average Bonchev–Trinajstić information content (AvgIpc) is 3.00. The first-order valence-electron chi connectivity index (χ1n) is 7.77. The first kappa shape index (κ1) is 15.5. The summed E-state index contributed by atoms with van der Waals surface area (Å²) < 4.78 is 13.0. The molecule has 20 heavy (non-hydrogen) atoms. The van der Waals surface area contributed by atoms with Crippen LogP contribution >= 0.6 is 0 Å². The lowest BCUT2D eigenvalue weighted by molar-refractivity contribution is 0.0873. The van der Waals surface area contributed by atoms with Gasteiger partial charge in [0.15, 0.2) is 0 Å². The Hall–Kier alpha value is -0.930. The third-order valence-electron chi connectivity index (χ3n) is 5.00. The molecule has 1 fully saturated rings. The third-order valence-corrected chi connectivity index (χ3v) is 5.00. The molecule has 2 atom stereocenters. The fourth-order valence-corrected chi connectivity index (χ4v) is 3.41. The summed E-state index contributed by atoms with van der Waals surface area (Å²) in [4.78, 5) is 2.62. The smallest absolute Gasteiger partial charge is 0.123 e. The summed E-state index contributed by atoms with van der Waals surface area (Å²) in [6, 6.07) is 7.30. The van der Waals surface area contributed by atoms with E-state index >= 15 is 0 Å². The van der Waals surface area contributed by atoms with Crippen molar-refractivity contribution in [1.29, 1.82) is 0 Å². The highest BCUT2D eigenvalue weighted by atomic mass is 19.1. The standard InChI is InChI=1S/C17H27FN2/c1-4-17(2,20-11-5-6-12-20)16(19-3)13-14-7-9-15(18)10-8-14/h7-10,16,19H,4-6,11-13H2,1-3H3. The molecule has 1 aliphatic rings. The van der Waals surface area contributed by atoms with Crippen molar-refractivity contribution in [3.63, 3.8) is 0 Å². The van der Waals surface area contributed by atoms with Crippen molar-refractivity contribution < 1.29 is 4.39 Å². The van der Waals surface area contributed by atoms with Crippen LogP contribution in [0.1, 0.15) is 38.7 Å². The molecule has 1 aromatic rings. The summed E-state index contributed by atoms with van der Waals surface area (Å²) in [6.07, 6.45) is 4.68. The number of likely N-dealkylation sites (N-methyl/N-ethyl adjacent to an activating group) is 1. The van der Waals surface area contributed by atoms with Gasteiger partial charge in [-0.05, 0) is 70.4 Å². The molecule has 2 nitrogen and oxygen atoms in total. The van der Waals surface area contributed by atoms with Crippen LogP contribution in [0, 0.1) is 5.82 Å². The molecule has 2 rings (SSSR count). The van der Waals surface area contributed by atoms with Gasteiger partial charge in [-0.25, -0.2) is 4.39 Å². The van der Waals surface area contributed by atoms with E-state index in [4.69, 9.17) is 0 Å². The highest BCUT2D eigenvalue weighted by molar-refractivity contribution is 5.18. The molecular formula is C17H27FN2. The van der Waals surface area contributed by atoms with Crippen LogP contribution in [0.5, 0.6) is 0 Å². The molecule has 1 heterocycles. The Morgan fingerprint density at radius 3 is 2.35 bits per heavy atom. The summed E-state index contributed by atoms with van der Waals surface area (Å²) in [5.41, 5.74) is 1.37. The number of hydrogen-bond donors (Lipinski definition) is 1. The number of nitrogens with one attached hydrogen (secondary N) is 1. The second-order valence-electron chi connectivity index (χ2n) is 6.08. The number of nitrogens with zero attached hydrogens (tertiary/aromatic N) is 1. The summed E-state index contributed by atoms with van der Waals surface area (Å²) >= 11 is 0. The molecule has 1 aromatic carbocycles. The lowest BCUT2D eigenvalue weighted by Crippen LogP contribution is -2.58. The summed E-state index contributed by atoms with van der Waals surface area (Å²) in [5, 5.41) is 3.50. The maximum atomic E-state index is 13.0. The topological polar surface area (TPSA) is 15.3 Å². The first-order chi connectivity index (χ1) is 9.60. The van der Waals surface area contributed by atoms with Gasteiger partial charge in [0.05, 0.1) is 0 Å². The van der Waals surface area contributed by atoms with Gasteiger partial charge in [-0.15, -0.1) is 0 Å². The van der Waals surface area contributed by atoms with E-state index in [1.54, 1.807) is 12.1 Å². The molecule has 1 N–H and O–H groups in total. The van der Waals surface area contributed by atoms with Crippen LogP contribution in [0.15, 0.2) is 24.3 Å². The SMILES string of the molecule is CCC(C)(C(Cc1ccc(F)cc1)NC)N1CCCC1. The van der Waals surface area contributed by atoms with Crippen molar-refractivity contribution in [1.82, 2.24) is 10.2 Å². The van der Waals surface area contributed by atoms with Gasteiger partial charge in [-0.3, -0.25) is 4.90 Å². The van der Waals surface area contributed by atoms with Crippen molar-refractivity contribution in [3.05, 3.63) is 35.6 Å². The molecule has 0 radical (unpaired) electrons. The van der Waals surface area contributed by atoms with Crippen LogP contribution < -0.4 is 5.32 Å². The Balaban J connectivity index is 2.14. The zero-order valence-electron chi connectivity index (χ0n) is 13.0. The zero-order chi connectivity index (χ0) is 14.6. The minimum Gasteiger partial charge on any atom is -0.315 e. The van der Waals surface area contributed by atoms with E-state index in [2.05, 4.69) is 24.1 Å². The van der Waals surface area contributed by atoms with Crippen molar-refractivity contribution in [2.75, 3.05) is 20.1 Å². The van der Waals surface area contributed by atoms with E-state index in [0.29, 0.717) is 6.04 Å². The van der Waals surface area contributed by atoms with Gasteiger partial charge < -0.3 is 5.32 Å². The van der Waals surface area contributed by atoms with Gasteiger partial charge in [-0.1, -0.05) is 19.1 Å². The fraction of sp³-hybridized carbons (Fsp3) is 0.647. The van der Waals surface area contributed by atoms with Gasteiger partial charge >= 0.3 is 0 Å². The van der Waals surface area contributed by atoms with Crippen LogP contribution in [0.4, 0.5) is 4.39 Å². The maximum Gasteiger partial charge on any atom is 0.123 e. The number of likely N-dealkylation sites (tertiary alicyclic amines) is 1. The Morgan fingerprint density at radius 1 is 1.25 bits per heavy atom. The van der Waals surface area contributed by atoms with Gasteiger partial charge in [-0.2, -0.15) is 0 Å². The molecule has 0 aromatic heterocycles. The molecule has 0 bridgehead atoms. The van der Waals surface area contributed by atoms with E-state index < -0.39 is 0 Å². The number of benzene rings is 1. The fourth-order valence-electron chi connectivity index (χ4n) is 3.41. The van der Waals surface area contributed by atoms with Crippen LogP contribution in [-0.4, -0.2) is 36.6 Å². The molecule has 112 valence electrons. The molecular weight excluding hydrogens is 251 g/mol. The molecule has 0 amide bonds. The predicted molar refractivity (Wildman–Crippen MR) is 82.5 cm³/mol. The second-order valence-corrected chi connectivity index (χ2v) is 6.08.